The van der Waals surface area contributed by atoms with E-state index in [1.807, 2.05) is 41.8 Å². The van der Waals surface area contributed by atoms with Crippen LogP contribution in [0.15, 0.2) is 60.6 Å². The number of nitrogens with one attached hydrogen (secondary N) is 1. The Morgan fingerprint density at radius 1 is 1.05 bits per heavy atom. The van der Waals surface area contributed by atoms with E-state index in [9.17, 15) is 9.59 Å². The molecule has 1 fully saturated rings. The van der Waals surface area contributed by atoms with Crippen LogP contribution in [0.1, 0.15) is 70.8 Å². The molecule has 11 heteroatoms. The topological polar surface area (TPSA) is 142 Å². The van der Waals surface area contributed by atoms with Gasteiger partial charge in [-0.3, -0.25) is 9.59 Å². The number of aromatic amines is 1. The lowest BCUT2D eigenvalue weighted by Crippen LogP contribution is -2.26. The number of rotatable bonds is 3. The Kier molecular flexibility index (Phi) is 6.92. The van der Waals surface area contributed by atoms with Gasteiger partial charge in [-0.1, -0.05) is 63.1 Å². The summed E-state index contributed by atoms with van der Waals surface area (Å²) in [6, 6.07) is 9.82. The molecule has 0 radical (unpaired) electrons. The van der Waals surface area contributed by atoms with E-state index in [0.717, 1.165) is 42.3 Å². The molecule has 3 aliphatic rings. The van der Waals surface area contributed by atoms with Crippen LogP contribution in [0.3, 0.4) is 0 Å². The predicted molar refractivity (Wildman–Crippen MR) is 146 cm³/mol. The van der Waals surface area contributed by atoms with Crippen LogP contribution in [0.25, 0.3) is 16.9 Å². The van der Waals surface area contributed by atoms with Gasteiger partial charge < -0.3 is 4.98 Å². The first kappa shape index (κ1) is 25.5. The highest BCUT2D eigenvalue weighted by Gasteiger charge is 2.33. The van der Waals surface area contributed by atoms with Gasteiger partial charge in [0.15, 0.2) is 17.1 Å². The quantitative estimate of drug-likeness (QED) is 0.539. The van der Waals surface area contributed by atoms with Gasteiger partial charge >= 0.3 is 5.91 Å². The molecule has 38 heavy (non-hydrogen) atoms. The molecule has 1 amide bonds. The first-order valence-corrected chi connectivity index (χ1v) is 13.0. The fraction of sp³-hybridized carbons (Fsp3) is 0.444. The molecule has 4 heterocycles. The van der Waals surface area contributed by atoms with Crippen molar-refractivity contribution in [2.75, 3.05) is 0 Å². The second-order valence-electron chi connectivity index (χ2n) is 10.8. The summed E-state index contributed by atoms with van der Waals surface area (Å²) in [5, 5.41) is 14.6. The Balaban J connectivity index is 0.000000244. The molecule has 0 spiro atoms. The lowest BCUT2D eigenvalue weighted by molar-refractivity contribution is -0.112. The lowest BCUT2D eigenvalue weighted by atomic mass is 9.70. The summed E-state index contributed by atoms with van der Waals surface area (Å²) in [5.74, 6) is 2.44. The van der Waals surface area contributed by atoms with Crippen LogP contribution in [-0.2, 0) is 11.2 Å². The van der Waals surface area contributed by atoms with Crippen LogP contribution in [0.5, 0.6) is 0 Å². The van der Waals surface area contributed by atoms with E-state index in [1.54, 1.807) is 0 Å². The number of hydrogen-bond acceptors (Lipinski definition) is 8. The number of benzene rings is 1. The maximum Gasteiger partial charge on any atom is 0.319 e. The van der Waals surface area contributed by atoms with Gasteiger partial charge in [0.25, 0.3) is 5.56 Å². The second kappa shape index (κ2) is 10.3. The number of aryl methyl sites for hydroxylation is 1. The molecule has 0 saturated heterocycles. The van der Waals surface area contributed by atoms with E-state index < -0.39 is 5.91 Å². The number of aromatic nitrogens is 4. The van der Waals surface area contributed by atoms with Gasteiger partial charge in [0, 0.05) is 11.5 Å². The van der Waals surface area contributed by atoms with E-state index in [1.165, 1.54) is 19.2 Å². The highest BCUT2D eigenvalue weighted by Crippen LogP contribution is 2.43. The zero-order valence-electron chi connectivity index (χ0n) is 22.0. The molecule has 11 nitrogen and oxygen atoms in total. The third kappa shape index (κ3) is 5.00. The van der Waals surface area contributed by atoms with Gasteiger partial charge in [0.05, 0.1) is 5.69 Å². The maximum atomic E-state index is 12.9. The van der Waals surface area contributed by atoms with Gasteiger partial charge in [-0.05, 0) is 48.7 Å². The van der Waals surface area contributed by atoms with Crippen LogP contribution in [0.4, 0.5) is 0 Å². The molecule has 1 saturated carbocycles. The van der Waals surface area contributed by atoms with Crippen LogP contribution in [0, 0.1) is 11.3 Å². The van der Waals surface area contributed by atoms with E-state index in [0.29, 0.717) is 22.7 Å². The molecule has 0 atom stereocenters. The van der Waals surface area contributed by atoms with Gasteiger partial charge in [-0.2, -0.15) is 0 Å². The van der Waals surface area contributed by atoms with Crippen molar-refractivity contribution in [2.24, 2.45) is 36.8 Å². The number of carbonyl (C=O) groups excluding carboxylic acids is 1. The van der Waals surface area contributed by atoms with Gasteiger partial charge in [0.1, 0.15) is 12.2 Å². The summed E-state index contributed by atoms with van der Waals surface area (Å²) in [6.45, 7) is 9.06. The Morgan fingerprint density at radius 2 is 1.79 bits per heavy atom. The van der Waals surface area contributed by atoms with Crippen LogP contribution < -0.4 is 5.56 Å². The molecule has 1 aromatic carbocycles. The van der Waals surface area contributed by atoms with Crippen molar-refractivity contribution in [1.82, 2.24) is 19.6 Å². The summed E-state index contributed by atoms with van der Waals surface area (Å²) >= 11 is 0. The molecule has 196 valence electrons. The second-order valence-corrected chi connectivity index (χ2v) is 10.8. The minimum absolute atomic E-state index is 0.104. The number of amidine groups is 1. The summed E-state index contributed by atoms with van der Waals surface area (Å²) in [6.07, 6.45) is 6.62. The van der Waals surface area contributed by atoms with Gasteiger partial charge in [0.2, 0.25) is 5.84 Å². The Hall–Kier alpha value is -4.15. The summed E-state index contributed by atoms with van der Waals surface area (Å²) < 4.78 is 1.84. The fourth-order valence-corrected chi connectivity index (χ4v) is 5.19. The number of amides is 1. The zero-order valence-corrected chi connectivity index (χ0v) is 22.0. The standard InChI is InChI=1S/C23H30N4O.C4HN5O/c1-5-18-19-22(28)25-20(15-9-7-6-8-10-15)26-27(19)21(24-18)16-11-13-17(14-12-16)23(2,3)4;10-4-2-3(6-1-5-2)7-9-8-4/h6-10,16-17H,5,11-14H2,1-4H3,(H,25,26,28);1H. The molecule has 0 bridgehead atoms. The van der Waals surface area contributed by atoms with Crippen LogP contribution >= 0.6 is 0 Å². The maximum absolute atomic E-state index is 12.9. The summed E-state index contributed by atoms with van der Waals surface area (Å²) in [7, 11) is 0. The van der Waals surface area contributed by atoms with Crippen molar-refractivity contribution in [2.45, 2.75) is 65.7 Å². The average molecular weight is 514 g/mol. The third-order valence-electron chi connectivity index (χ3n) is 7.35. The SMILES string of the molecule is CCc1nc(C2CCC(C(C)(C)C)CC2)n2nc(-c3ccccc3)[nH]c(=O)c12.O=C1N=NN=C2N=CN=C12. The summed E-state index contributed by atoms with van der Waals surface area (Å²) in [4.78, 5) is 38.7. The fourth-order valence-electron chi connectivity index (χ4n) is 5.19. The van der Waals surface area contributed by atoms with Crippen LogP contribution in [-0.4, -0.2) is 43.4 Å². The minimum atomic E-state index is -0.484. The van der Waals surface area contributed by atoms with Crippen molar-refractivity contribution in [3.8, 4) is 11.4 Å². The number of carbonyl (C=O) groups is 1. The molecular weight excluding hydrogens is 482 g/mol. The van der Waals surface area contributed by atoms with E-state index in [4.69, 9.17) is 10.1 Å². The molecular formula is C27H31N9O2. The Morgan fingerprint density at radius 3 is 2.45 bits per heavy atom. The number of H-pyrrole nitrogens is 1. The number of fused-ring (bicyclic) bond motifs is 2. The molecule has 1 N–H and O–H groups in total. The van der Waals surface area contributed by atoms with Crippen molar-refractivity contribution in [1.29, 1.82) is 0 Å². The third-order valence-corrected chi connectivity index (χ3v) is 7.35. The van der Waals surface area contributed by atoms with E-state index in [2.05, 4.69) is 51.2 Å². The highest BCUT2D eigenvalue weighted by atomic mass is 16.2. The Bertz CT molecular complexity index is 1520. The molecule has 2 aromatic heterocycles. The van der Waals surface area contributed by atoms with Crippen molar-refractivity contribution in [3.63, 3.8) is 0 Å². The monoisotopic (exact) mass is 513 g/mol. The number of hydrogen-bond donors (Lipinski definition) is 1. The number of imidazole rings is 1. The first-order valence-electron chi connectivity index (χ1n) is 13.0. The van der Waals surface area contributed by atoms with E-state index in [-0.39, 0.29) is 17.1 Å². The molecule has 2 aliphatic heterocycles. The predicted octanol–water partition coefficient (Wildman–Crippen LogP) is 4.74. The average Bonchev–Trinajstić information content (AvgIpc) is 3.55. The molecule has 1 aliphatic carbocycles. The normalized spacial score (nSPS) is 20.6. The number of nitrogens with zero attached hydrogens (tertiary/aromatic N) is 8. The molecule has 3 aromatic rings. The van der Waals surface area contributed by atoms with E-state index >= 15 is 0 Å². The molecule has 6 rings (SSSR count). The lowest BCUT2D eigenvalue weighted by Gasteiger charge is -2.36. The number of aliphatic imine (C=N–C) groups is 2. The smallest absolute Gasteiger partial charge is 0.303 e. The van der Waals surface area contributed by atoms with Gasteiger partial charge in [-0.15, -0.1) is 10.2 Å². The summed E-state index contributed by atoms with van der Waals surface area (Å²) in [5.41, 5.74) is 2.79. The van der Waals surface area contributed by atoms with Gasteiger partial charge in [-0.25, -0.2) is 19.5 Å². The van der Waals surface area contributed by atoms with Crippen molar-refractivity contribution in [3.05, 3.63) is 52.2 Å². The zero-order chi connectivity index (χ0) is 26.9. The highest BCUT2D eigenvalue weighted by molar-refractivity contribution is 6.69. The van der Waals surface area contributed by atoms with Crippen LogP contribution in [0.2, 0.25) is 0 Å². The Labute approximate surface area is 219 Å². The molecule has 0 unspecified atom stereocenters. The van der Waals surface area contributed by atoms with Crippen molar-refractivity contribution >= 4 is 29.3 Å². The minimum Gasteiger partial charge on any atom is -0.303 e. The van der Waals surface area contributed by atoms with Crippen molar-refractivity contribution < 1.29 is 4.79 Å². The largest absolute Gasteiger partial charge is 0.319 e. The first-order chi connectivity index (χ1) is 18.3.